The number of rotatable bonds is 3. The van der Waals surface area contributed by atoms with Crippen molar-refractivity contribution in [2.45, 2.75) is 24.9 Å². The topological polar surface area (TPSA) is 9.23 Å². The Hall–Kier alpha value is -5.14. The van der Waals surface area contributed by atoms with Crippen LogP contribution in [-0.4, -0.2) is 6.10 Å². The minimum absolute atomic E-state index is 0.0944. The summed E-state index contributed by atoms with van der Waals surface area (Å²) in [5.41, 5.74) is 9.02. The molecule has 3 aliphatic rings. The zero-order valence-electron chi connectivity index (χ0n) is 23.8. The smallest absolute Gasteiger partial charge is 0.128 e. The molecule has 0 aromatic heterocycles. The first-order valence-corrected chi connectivity index (χ1v) is 15.3. The summed E-state index contributed by atoms with van der Waals surface area (Å²) in [7, 11) is 0. The van der Waals surface area contributed by atoms with Gasteiger partial charge in [-0.2, -0.15) is 0 Å². The molecule has 0 radical (unpaired) electrons. The fraction of sp³-hybridized carbons (Fsp3) is 0.0952. The average molecular weight is 551 g/mol. The van der Waals surface area contributed by atoms with E-state index in [1.807, 2.05) is 0 Å². The van der Waals surface area contributed by atoms with Crippen LogP contribution in [0.2, 0.25) is 0 Å². The van der Waals surface area contributed by atoms with Gasteiger partial charge in [-0.3, -0.25) is 0 Å². The Kier molecular flexibility index (Phi) is 5.52. The van der Waals surface area contributed by atoms with Gasteiger partial charge in [-0.1, -0.05) is 121 Å². The molecule has 0 spiro atoms. The molecule has 1 nitrogen and oxygen atoms in total. The molecular weight excluding hydrogens is 520 g/mol. The normalized spacial score (nSPS) is 18.0. The SMILES string of the molecule is C1=CC2Oc3ccc(-c4c5c(c(-c6cccc7cc(-c8ccccc8)ccc67)c6ccccc46)=CCCC=5)cc3C2C=C1. The number of hydrogen-bond donors (Lipinski definition) is 0. The van der Waals surface area contributed by atoms with Gasteiger partial charge in [-0.05, 0) is 102 Å². The van der Waals surface area contributed by atoms with Crippen molar-refractivity contribution in [2.75, 3.05) is 0 Å². The number of fused-ring (bicyclic) bond motifs is 6. The van der Waals surface area contributed by atoms with E-state index in [9.17, 15) is 0 Å². The summed E-state index contributed by atoms with van der Waals surface area (Å²) in [6.07, 6.45) is 15.8. The molecule has 43 heavy (non-hydrogen) atoms. The lowest BCUT2D eigenvalue weighted by atomic mass is 9.83. The van der Waals surface area contributed by atoms with Gasteiger partial charge < -0.3 is 4.74 Å². The molecular formula is C42H30O. The highest BCUT2D eigenvalue weighted by Gasteiger charge is 2.32. The number of ether oxygens (including phenoxy) is 1. The summed E-state index contributed by atoms with van der Waals surface area (Å²) in [6.45, 7) is 0. The van der Waals surface area contributed by atoms with E-state index in [2.05, 4.69) is 146 Å². The maximum absolute atomic E-state index is 6.30. The minimum atomic E-state index is 0.0944. The van der Waals surface area contributed by atoms with E-state index in [0.717, 1.165) is 18.6 Å². The first kappa shape index (κ1) is 24.5. The van der Waals surface area contributed by atoms with Crippen LogP contribution in [0.5, 0.6) is 5.75 Å². The van der Waals surface area contributed by atoms with Crippen molar-refractivity contribution in [2.24, 2.45) is 0 Å². The van der Waals surface area contributed by atoms with Gasteiger partial charge in [0, 0.05) is 11.5 Å². The lowest BCUT2D eigenvalue weighted by molar-refractivity contribution is 0.269. The molecule has 0 amide bonds. The van der Waals surface area contributed by atoms with E-state index in [4.69, 9.17) is 4.74 Å². The summed E-state index contributed by atoms with van der Waals surface area (Å²) < 4.78 is 6.30. The van der Waals surface area contributed by atoms with Crippen LogP contribution in [-0.2, 0) is 0 Å². The molecule has 1 heterocycles. The van der Waals surface area contributed by atoms with Gasteiger partial charge in [0.2, 0.25) is 0 Å². The lowest BCUT2D eigenvalue weighted by Gasteiger charge is -2.19. The first-order chi connectivity index (χ1) is 21.3. The summed E-state index contributed by atoms with van der Waals surface area (Å²) in [5, 5.41) is 7.87. The molecule has 1 heteroatoms. The average Bonchev–Trinajstić information content (AvgIpc) is 3.45. The van der Waals surface area contributed by atoms with Gasteiger partial charge in [0.1, 0.15) is 11.9 Å². The van der Waals surface area contributed by atoms with Crippen molar-refractivity contribution in [3.8, 4) is 39.1 Å². The van der Waals surface area contributed by atoms with Gasteiger partial charge in [-0.15, -0.1) is 0 Å². The van der Waals surface area contributed by atoms with Crippen LogP contribution in [0, 0.1) is 0 Å². The molecule has 1 aliphatic heterocycles. The van der Waals surface area contributed by atoms with Gasteiger partial charge in [-0.25, -0.2) is 0 Å². The van der Waals surface area contributed by atoms with Crippen molar-refractivity contribution in [1.29, 1.82) is 0 Å². The molecule has 0 saturated heterocycles. The molecule has 0 N–H and O–H groups in total. The molecule has 2 unspecified atom stereocenters. The maximum atomic E-state index is 6.30. The third kappa shape index (κ3) is 3.85. The standard InChI is InChI=1S/C42H30O/c1-2-11-27(12-3-1)28-21-23-31-29(25-28)13-10-19-33(31)42-36-17-6-4-15-34(36)41(35-16-5-7-18-37(35)42)30-22-24-40-38(26-30)32-14-8-9-20-39(32)43-40/h1-4,6,8-26,32,39H,5,7H2. The highest BCUT2D eigenvalue weighted by Crippen LogP contribution is 2.44. The predicted octanol–water partition coefficient (Wildman–Crippen LogP) is 9.32. The van der Waals surface area contributed by atoms with Gasteiger partial charge in [0.15, 0.2) is 0 Å². The van der Waals surface area contributed by atoms with Crippen LogP contribution < -0.4 is 15.2 Å². The van der Waals surface area contributed by atoms with Gasteiger partial charge in [0.25, 0.3) is 0 Å². The molecule has 0 fully saturated rings. The van der Waals surface area contributed by atoms with E-state index < -0.39 is 0 Å². The fourth-order valence-corrected chi connectivity index (χ4v) is 7.47. The predicted molar refractivity (Wildman–Crippen MR) is 181 cm³/mol. The Balaban J connectivity index is 1.30. The second-order valence-corrected chi connectivity index (χ2v) is 11.8. The Morgan fingerprint density at radius 1 is 0.535 bits per heavy atom. The highest BCUT2D eigenvalue weighted by molar-refractivity contribution is 6.10. The van der Waals surface area contributed by atoms with E-state index in [1.165, 1.54) is 70.9 Å². The number of hydrogen-bond acceptors (Lipinski definition) is 1. The summed E-state index contributed by atoms with van der Waals surface area (Å²) in [4.78, 5) is 0. The molecule has 6 aromatic carbocycles. The van der Waals surface area contributed by atoms with Gasteiger partial charge in [0.05, 0.1) is 0 Å². The first-order valence-electron chi connectivity index (χ1n) is 15.3. The van der Waals surface area contributed by atoms with Crippen molar-refractivity contribution in [1.82, 2.24) is 0 Å². The fourth-order valence-electron chi connectivity index (χ4n) is 7.47. The number of benzene rings is 6. The summed E-state index contributed by atoms with van der Waals surface area (Å²) >= 11 is 0. The van der Waals surface area contributed by atoms with Crippen LogP contribution in [0.3, 0.4) is 0 Å². The third-order valence-electron chi connectivity index (χ3n) is 9.42. The Morgan fingerprint density at radius 3 is 2.14 bits per heavy atom. The monoisotopic (exact) mass is 550 g/mol. The second kappa shape index (κ2) is 9.71. The Labute approximate surface area is 251 Å². The molecule has 2 aliphatic carbocycles. The summed E-state index contributed by atoms with van der Waals surface area (Å²) in [5.74, 6) is 1.28. The van der Waals surface area contributed by atoms with Gasteiger partial charge >= 0.3 is 0 Å². The van der Waals surface area contributed by atoms with Crippen LogP contribution in [0.25, 0.3) is 67.1 Å². The molecule has 0 bridgehead atoms. The summed E-state index contributed by atoms with van der Waals surface area (Å²) in [6, 6.07) is 40.2. The largest absolute Gasteiger partial charge is 0.485 e. The molecule has 0 saturated carbocycles. The van der Waals surface area contributed by atoms with E-state index in [1.54, 1.807) is 0 Å². The van der Waals surface area contributed by atoms with Crippen molar-refractivity contribution in [3.05, 3.63) is 149 Å². The van der Waals surface area contributed by atoms with E-state index >= 15 is 0 Å². The van der Waals surface area contributed by atoms with Crippen LogP contribution in [0.4, 0.5) is 0 Å². The Bertz CT molecular complexity index is 2270. The highest BCUT2D eigenvalue weighted by atomic mass is 16.5. The van der Waals surface area contributed by atoms with E-state index in [-0.39, 0.29) is 12.0 Å². The molecule has 9 rings (SSSR count). The van der Waals surface area contributed by atoms with Crippen LogP contribution >= 0.6 is 0 Å². The third-order valence-corrected chi connectivity index (χ3v) is 9.42. The lowest BCUT2D eigenvalue weighted by Crippen LogP contribution is -2.31. The molecule has 204 valence electrons. The van der Waals surface area contributed by atoms with E-state index in [0.29, 0.717) is 0 Å². The number of allylic oxidation sites excluding steroid dienone is 2. The minimum Gasteiger partial charge on any atom is -0.485 e. The zero-order chi connectivity index (χ0) is 28.3. The van der Waals surface area contributed by atoms with Crippen molar-refractivity contribution in [3.63, 3.8) is 0 Å². The zero-order valence-corrected chi connectivity index (χ0v) is 23.8. The van der Waals surface area contributed by atoms with Crippen LogP contribution in [0.1, 0.15) is 24.3 Å². The van der Waals surface area contributed by atoms with Crippen molar-refractivity contribution >= 4 is 33.7 Å². The Morgan fingerprint density at radius 2 is 1.28 bits per heavy atom. The maximum Gasteiger partial charge on any atom is 0.128 e. The van der Waals surface area contributed by atoms with Crippen LogP contribution in [0.15, 0.2) is 133 Å². The second-order valence-electron chi connectivity index (χ2n) is 11.8. The van der Waals surface area contributed by atoms with Crippen molar-refractivity contribution < 1.29 is 4.74 Å². The molecule has 6 aromatic rings. The molecule has 2 atom stereocenters. The quantitative estimate of drug-likeness (QED) is 0.213.